The lowest BCUT2D eigenvalue weighted by molar-refractivity contribution is 0.607. The topological polar surface area (TPSA) is 51.8 Å². The Balaban J connectivity index is 3.25. The van der Waals surface area contributed by atoms with Crippen molar-refractivity contribution in [1.29, 1.82) is 0 Å². The van der Waals surface area contributed by atoms with Crippen LogP contribution in [0.3, 0.4) is 0 Å². The number of aryl methyl sites for hydroxylation is 1. The van der Waals surface area contributed by atoms with Crippen molar-refractivity contribution in [3.8, 4) is 0 Å². The van der Waals surface area contributed by atoms with Crippen LogP contribution in [-0.2, 0) is 0 Å². The van der Waals surface area contributed by atoms with Crippen LogP contribution in [0, 0.1) is 12.7 Å². The largest absolute Gasteiger partial charge is 0.381 e. The standard InChI is InChI=1S/C5H6FN3/c1-3-4(6)5(7)9-2-8-3/h2H,1H3,(H2,7,8,9). The molecule has 0 bridgehead atoms. The molecular formula is C5H6FN3. The van der Waals surface area contributed by atoms with Crippen molar-refractivity contribution in [2.24, 2.45) is 0 Å². The smallest absolute Gasteiger partial charge is 0.186 e. The summed E-state index contributed by atoms with van der Waals surface area (Å²) in [4.78, 5) is 7.00. The first-order chi connectivity index (χ1) is 4.22. The molecule has 0 fully saturated rings. The molecule has 0 saturated heterocycles. The normalized spacial score (nSPS) is 9.56. The molecule has 48 valence electrons. The number of rotatable bonds is 0. The van der Waals surface area contributed by atoms with E-state index >= 15 is 0 Å². The van der Waals surface area contributed by atoms with Crippen molar-refractivity contribution >= 4 is 5.82 Å². The molecule has 0 amide bonds. The summed E-state index contributed by atoms with van der Waals surface area (Å²) >= 11 is 0. The molecule has 0 spiro atoms. The number of hydrogen-bond donors (Lipinski definition) is 1. The lowest BCUT2D eigenvalue weighted by atomic mass is 10.4. The Morgan fingerprint density at radius 3 is 2.67 bits per heavy atom. The van der Waals surface area contributed by atoms with Gasteiger partial charge in [-0.3, -0.25) is 0 Å². The minimum Gasteiger partial charge on any atom is -0.381 e. The maximum Gasteiger partial charge on any atom is 0.186 e. The van der Waals surface area contributed by atoms with Gasteiger partial charge in [-0.15, -0.1) is 0 Å². The molecule has 0 aromatic carbocycles. The summed E-state index contributed by atoms with van der Waals surface area (Å²) in [6.07, 6.45) is 1.23. The Labute approximate surface area is 51.7 Å². The number of aromatic nitrogens is 2. The first kappa shape index (κ1) is 5.94. The monoisotopic (exact) mass is 127 g/mol. The highest BCUT2D eigenvalue weighted by atomic mass is 19.1. The highest BCUT2D eigenvalue weighted by Crippen LogP contribution is 2.05. The molecule has 0 aliphatic rings. The maximum absolute atomic E-state index is 12.5. The molecule has 1 heterocycles. The first-order valence-corrected chi connectivity index (χ1v) is 2.44. The maximum atomic E-state index is 12.5. The van der Waals surface area contributed by atoms with E-state index in [-0.39, 0.29) is 11.5 Å². The third-order valence-corrected chi connectivity index (χ3v) is 0.991. The molecule has 4 heteroatoms. The van der Waals surface area contributed by atoms with E-state index in [1.165, 1.54) is 13.3 Å². The van der Waals surface area contributed by atoms with Gasteiger partial charge in [-0.1, -0.05) is 0 Å². The molecule has 2 N–H and O–H groups in total. The summed E-state index contributed by atoms with van der Waals surface area (Å²) < 4.78 is 12.5. The Morgan fingerprint density at radius 1 is 1.56 bits per heavy atom. The van der Waals surface area contributed by atoms with Crippen molar-refractivity contribution in [3.63, 3.8) is 0 Å². The quantitative estimate of drug-likeness (QED) is 0.552. The predicted octanol–water partition coefficient (Wildman–Crippen LogP) is 0.506. The fraction of sp³-hybridized carbons (Fsp3) is 0.200. The van der Waals surface area contributed by atoms with Gasteiger partial charge in [0.25, 0.3) is 0 Å². The van der Waals surface area contributed by atoms with Crippen LogP contribution in [0.15, 0.2) is 6.33 Å². The molecule has 0 unspecified atom stereocenters. The Kier molecular flexibility index (Phi) is 1.30. The fourth-order valence-corrected chi connectivity index (χ4v) is 0.476. The number of nitrogen functional groups attached to an aromatic ring is 1. The van der Waals surface area contributed by atoms with E-state index in [1.807, 2.05) is 0 Å². The zero-order chi connectivity index (χ0) is 6.85. The molecule has 0 atom stereocenters. The van der Waals surface area contributed by atoms with Crippen LogP contribution in [0.4, 0.5) is 10.2 Å². The summed E-state index contributed by atoms with van der Waals surface area (Å²) in [7, 11) is 0. The number of halogens is 1. The molecule has 3 nitrogen and oxygen atoms in total. The van der Waals surface area contributed by atoms with E-state index in [1.54, 1.807) is 0 Å². The van der Waals surface area contributed by atoms with Crippen LogP contribution >= 0.6 is 0 Å². The number of nitrogens with two attached hydrogens (primary N) is 1. The van der Waals surface area contributed by atoms with Crippen molar-refractivity contribution in [1.82, 2.24) is 9.97 Å². The first-order valence-electron chi connectivity index (χ1n) is 2.44. The van der Waals surface area contributed by atoms with Gasteiger partial charge in [0, 0.05) is 0 Å². The van der Waals surface area contributed by atoms with Crippen molar-refractivity contribution in [2.75, 3.05) is 5.73 Å². The van der Waals surface area contributed by atoms with Gasteiger partial charge in [-0.25, -0.2) is 14.4 Å². The Morgan fingerprint density at radius 2 is 2.22 bits per heavy atom. The van der Waals surface area contributed by atoms with Crippen LogP contribution in [-0.4, -0.2) is 9.97 Å². The van der Waals surface area contributed by atoms with E-state index < -0.39 is 5.82 Å². The van der Waals surface area contributed by atoms with E-state index in [2.05, 4.69) is 9.97 Å². The van der Waals surface area contributed by atoms with E-state index in [0.717, 1.165) is 0 Å². The van der Waals surface area contributed by atoms with Gasteiger partial charge in [-0.05, 0) is 6.92 Å². The van der Waals surface area contributed by atoms with Gasteiger partial charge in [0.15, 0.2) is 11.6 Å². The number of hydrogen-bond acceptors (Lipinski definition) is 3. The third kappa shape index (κ3) is 0.960. The highest BCUT2D eigenvalue weighted by Gasteiger charge is 2.00. The summed E-state index contributed by atoms with van der Waals surface area (Å²) in [5, 5.41) is 0. The fourth-order valence-electron chi connectivity index (χ4n) is 0.476. The third-order valence-electron chi connectivity index (χ3n) is 0.991. The van der Waals surface area contributed by atoms with Crippen LogP contribution in [0.1, 0.15) is 5.69 Å². The number of anilines is 1. The molecule has 9 heavy (non-hydrogen) atoms. The van der Waals surface area contributed by atoms with Gasteiger partial charge in [0.1, 0.15) is 6.33 Å². The Bertz CT molecular complexity index is 203. The second-order valence-electron chi connectivity index (χ2n) is 1.66. The average Bonchev–Trinajstić information content (AvgIpc) is 1.83. The minimum absolute atomic E-state index is 0.0949. The van der Waals surface area contributed by atoms with E-state index in [0.29, 0.717) is 0 Å². The van der Waals surface area contributed by atoms with E-state index in [4.69, 9.17) is 5.73 Å². The molecule has 0 aliphatic carbocycles. The number of nitrogens with zero attached hydrogens (tertiary/aromatic N) is 2. The van der Waals surface area contributed by atoms with Gasteiger partial charge >= 0.3 is 0 Å². The van der Waals surface area contributed by atoms with Crippen LogP contribution in [0.25, 0.3) is 0 Å². The SMILES string of the molecule is Cc1ncnc(N)c1F. The summed E-state index contributed by atoms with van der Waals surface area (Å²) in [5.41, 5.74) is 5.37. The van der Waals surface area contributed by atoms with Crippen LogP contribution in [0.5, 0.6) is 0 Å². The molecule has 1 aromatic heterocycles. The molecule has 0 saturated carbocycles. The summed E-state index contributed by atoms with van der Waals surface area (Å²) in [6, 6.07) is 0. The molecule has 0 aliphatic heterocycles. The minimum atomic E-state index is -0.530. The van der Waals surface area contributed by atoms with Gasteiger partial charge < -0.3 is 5.73 Å². The highest BCUT2D eigenvalue weighted by molar-refractivity contribution is 5.29. The van der Waals surface area contributed by atoms with Crippen LogP contribution in [0.2, 0.25) is 0 Å². The molecule has 1 aromatic rings. The van der Waals surface area contributed by atoms with Crippen LogP contribution < -0.4 is 5.73 Å². The van der Waals surface area contributed by atoms with Gasteiger partial charge in [0.2, 0.25) is 0 Å². The second-order valence-corrected chi connectivity index (χ2v) is 1.66. The molecule has 0 radical (unpaired) electrons. The second kappa shape index (κ2) is 1.97. The van der Waals surface area contributed by atoms with Crippen molar-refractivity contribution < 1.29 is 4.39 Å². The van der Waals surface area contributed by atoms with Crippen molar-refractivity contribution in [3.05, 3.63) is 17.8 Å². The summed E-state index contributed by atoms with van der Waals surface area (Å²) in [5.74, 6) is -0.625. The molecular weight excluding hydrogens is 121 g/mol. The zero-order valence-corrected chi connectivity index (χ0v) is 4.93. The predicted molar refractivity (Wildman–Crippen MR) is 31.1 cm³/mol. The van der Waals surface area contributed by atoms with E-state index in [9.17, 15) is 4.39 Å². The summed E-state index contributed by atoms with van der Waals surface area (Å²) in [6.45, 7) is 1.54. The Hall–Kier alpha value is -1.19. The average molecular weight is 127 g/mol. The zero-order valence-electron chi connectivity index (χ0n) is 4.93. The van der Waals surface area contributed by atoms with Crippen molar-refractivity contribution in [2.45, 2.75) is 6.92 Å². The van der Waals surface area contributed by atoms with Gasteiger partial charge in [-0.2, -0.15) is 0 Å². The molecule has 1 rings (SSSR count). The lowest BCUT2D eigenvalue weighted by Crippen LogP contribution is -1.98. The van der Waals surface area contributed by atoms with Gasteiger partial charge in [0.05, 0.1) is 5.69 Å². The lowest BCUT2D eigenvalue weighted by Gasteiger charge is -1.94.